The third-order valence-electron chi connectivity index (χ3n) is 2.38. The van der Waals surface area contributed by atoms with Crippen LogP contribution >= 0.6 is 11.6 Å². The molecule has 0 atom stereocenters. The second kappa shape index (κ2) is 5.33. The number of nitro benzene ring substituents is 1. The fourth-order valence-electron chi connectivity index (χ4n) is 1.51. The number of nitro groups is 1. The predicted molar refractivity (Wildman–Crippen MR) is 67.5 cm³/mol. The summed E-state index contributed by atoms with van der Waals surface area (Å²) in [5.41, 5.74) is -0.217. The minimum atomic E-state index is -0.514. The summed E-state index contributed by atoms with van der Waals surface area (Å²) in [5.74, 6) is 0. The summed E-state index contributed by atoms with van der Waals surface area (Å²) in [6, 6.07) is 4.72. The maximum atomic E-state index is 10.9. The third-order valence-corrected chi connectivity index (χ3v) is 2.68. The van der Waals surface area contributed by atoms with Gasteiger partial charge in [0.05, 0.1) is 4.92 Å². The second-order valence-electron chi connectivity index (χ2n) is 4.38. The van der Waals surface area contributed by atoms with Crippen LogP contribution in [0.4, 0.5) is 11.4 Å². The molecule has 0 amide bonds. The zero-order valence-electron chi connectivity index (χ0n) is 9.74. The lowest BCUT2D eigenvalue weighted by Crippen LogP contribution is -2.32. The van der Waals surface area contributed by atoms with E-state index in [1.165, 1.54) is 6.07 Å². The van der Waals surface area contributed by atoms with Gasteiger partial charge in [0.25, 0.3) is 0 Å². The fourth-order valence-corrected chi connectivity index (χ4v) is 1.75. The van der Waals surface area contributed by atoms with E-state index in [1.54, 1.807) is 12.1 Å². The van der Waals surface area contributed by atoms with Crippen LogP contribution < -0.4 is 5.32 Å². The Morgan fingerprint density at radius 1 is 1.53 bits per heavy atom. The van der Waals surface area contributed by atoms with E-state index in [0.29, 0.717) is 12.1 Å². The minimum Gasteiger partial charge on any atom is -0.396 e. The Hall–Kier alpha value is -1.33. The van der Waals surface area contributed by atoms with Gasteiger partial charge in [-0.05, 0) is 32.4 Å². The highest BCUT2D eigenvalue weighted by Gasteiger charge is 2.24. The zero-order valence-corrected chi connectivity index (χ0v) is 10.5. The van der Waals surface area contributed by atoms with Gasteiger partial charge < -0.3 is 10.4 Å². The minimum absolute atomic E-state index is 0.00830. The van der Waals surface area contributed by atoms with Gasteiger partial charge in [0.15, 0.2) is 0 Å². The van der Waals surface area contributed by atoms with Crippen LogP contribution in [0.3, 0.4) is 0 Å². The highest BCUT2D eigenvalue weighted by Crippen LogP contribution is 2.34. The lowest BCUT2D eigenvalue weighted by Gasteiger charge is -2.26. The van der Waals surface area contributed by atoms with Gasteiger partial charge in [-0.25, -0.2) is 0 Å². The average Bonchev–Trinajstić information content (AvgIpc) is 2.15. The number of aliphatic hydroxyl groups is 1. The SMILES string of the molecule is CC(C)(CCO)Nc1cccc(Cl)c1[N+](=O)[O-]. The molecule has 0 aliphatic rings. The predicted octanol–water partition coefficient (Wildman–Crippen LogP) is 2.82. The van der Waals surface area contributed by atoms with Crippen LogP contribution in [0, 0.1) is 10.1 Å². The number of hydrogen-bond donors (Lipinski definition) is 2. The third kappa shape index (κ3) is 3.57. The highest BCUT2D eigenvalue weighted by atomic mass is 35.5. The summed E-state index contributed by atoms with van der Waals surface area (Å²) in [7, 11) is 0. The Balaban J connectivity index is 3.06. The van der Waals surface area contributed by atoms with Gasteiger partial charge in [-0.3, -0.25) is 10.1 Å². The summed E-state index contributed by atoms with van der Waals surface area (Å²) in [6.45, 7) is 3.72. The molecule has 0 saturated carbocycles. The van der Waals surface area contributed by atoms with Crippen molar-refractivity contribution in [2.45, 2.75) is 25.8 Å². The molecule has 2 N–H and O–H groups in total. The maximum absolute atomic E-state index is 10.9. The van der Waals surface area contributed by atoms with Crippen molar-refractivity contribution < 1.29 is 10.0 Å². The van der Waals surface area contributed by atoms with E-state index in [2.05, 4.69) is 5.32 Å². The Labute approximate surface area is 105 Å². The van der Waals surface area contributed by atoms with E-state index in [-0.39, 0.29) is 17.3 Å². The van der Waals surface area contributed by atoms with Crippen molar-refractivity contribution in [3.8, 4) is 0 Å². The van der Waals surface area contributed by atoms with Gasteiger partial charge in [0, 0.05) is 12.1 Å². The number of halogens is 1. The highest BCUT2D eigenvalue weighted by molar-refractivity contribution is 6.33. The number of nitrogens with zero attached hydrogens (tertiary/aromatic N) is 1. The molecular formula is C11H15ClN2O3. The lowest BCUT2D eigenvalue weighted by atomic mass is 10.0. The summed E-state index contributed by atoms with van der Waals surface area (Å²) in [6.07, 6.45) is 0.483. The first kappa shape index (κ1) is 13.7. The number of para-hydroxylation sites is 1. The van der Waals surface area contributed by atoms with Gasteiger partial charge in [-0.15, -0.1) is 0 Å². The molecular weight excluding hydrogens is 244 g/mol. The van der Waals surface area contributed by atoms with Crippen molar-refractivity contribution in [1.82, 2.24) is 0 Å². The Bertz CT molecular complexity index is 421. The summed E-state index contributed by atoms with van der Waals surface area (Å²) < 4.78 is 0. The number of hydrogen-bond acceptors (Lipinski definition) is 4. The zero-order chi connectivity index (χ0) is 13.1. The second-order valence-corrected chi connectivity index (χ2v) is 4.78. The van der Waals surface area contributed by atoms with Gasteiger partial charge >= 0.3 is 5.69 Å². The molecule has 0 spiro atoms. The van der Waals surface area contributed by atoms with Crippen LogP contribution in [0.25, 0.3) is 0 Å². The molecule has 1 rings (SSSR count). The van der Waals surface area contributed by atoms with Gasteiger partial charge in [0.1, 0.15) is 10.7 Å². The molecule has 17 heavy (non-hydrogen) atoms. The Morgan fingerprint density at radius 2 is 2.18 bits per heavy atom. The molecule has 0 unspecified atom stereocenters. The molecule has 6 heteroatoms. The quantitative estimate of drug-likeness (QED) is 0.629. The van der Waals surface area contributed by atoms with E-state index >= 15 is 0 Å². The topological polar surface area (TPSA) is 75.4 Å². The Morgan fingerprint density at radius 3 is 2.71 bits per heavy atom. The molecule has 0 aromatic heterocycles. The number of nitrogens with one attached hydrogen (secondary N) is 1. The number of aliphatic hydroxyl groups excluding tert-OH is 1. The maximum Gasteiger partial charge on any atom is 0.310 e. The van der Waals surface area contributed by atoms with Crippen molar-refractivity contribution in [2.24, 2.45) is 0 Å². The standard InChI is InChI=1S/C11H15ClN2O3/c1-11(2,6-7-15)13-9-5-3-4-8(12)10(9)14(16)17/h3-5,13,15H,6-7H2,1-2H3. The molecule has 0 heterocycles. The first-order chi connectivity index (χ1) is 7.87. The molecule has 0 bridgehead atoms. The van der Waals surface area contributed by atoms with E-state index in [9.17, 15) is 10.1 Å². The molecule has 94 valence electrons. The lowest BCUT2D eigenvalue weighted by molar-refractivity contribution is -0.383. The van der Waals surface area contributed by atoms with Crippen LogP contribution in [0.5, 0.6) is 0 Å². The molecule has 0 radical (unpaired) electrons. The fraction of sp³-hybridized carbons (Fsp3) is 0.455. The van der Waals surface area contributed by atoms with Crippen molar-refractivity contribution in [3.63, 3.8) is 0 Å². The smallest absolute Gasteiger partial charge is 0.310 e. The average molecular weight is 259 g/mol. The number of rotatable bonds is 5. The van der Waals surface area contributed by atoms with Gasteiger partial charge in [-0.1, -0.05) is 17.7 Å². The molecule has 1 aromatic rings. The first-order valence-electron chi connectivity index (χ1n) is 5.19. The Kier molecular flexibility index (Phi) is 4.31. The number of benzene rings is 1. The summed E-state index contributed by atoms with van der Waals surface area (Å²) >= 11 is 5.80. The van der Waals surface area contributed by atoms with Crippen LogP contribution in [-0.2, 0) is 0 Å². The largest absolute Gasteiger partial charge is 0.396 e. The summed E-state index contributed by atoms with van der Waals surface area (Å²) in [5, 5.41) is 23.0. The van der Waals surface area contributed by atoms with Crippen molar-refractivity contribution >= 4 is 23.0 Å². The van der Waals surface area contributed by atoms with E-state index in [4.69, 9.17) is 16.7 Å². The van der Waals surface area contributed by atoms with Crippen LogP contribution in [0.15, 0.2) is 18.2 Å². The number of anilines is 1. The van der Waals surface area contributed by atoms with Crippen LogP contribution in [-0.4, -0.2) is 22.2 Å². The van der Waals surface area contributed by atoms with Crippen LogP contribution in [0.1, 0.15) is 20.3 Å². The molecule has 0 aliphatic carbocycles. The van der Waals surface area contributed by atoms with Gasteiger partial charge in [0.2, 0.25) is 0 Å². The molecule has 1 aromatic carbocycles. The monoisotopic (exact) mass is 258 g/mol. The first-order valence-corrected chi connectivity index (χ1v) is 5.57. The van der Waals surface area contributed by atoms with E-state index in [0.717, 1.165) is 0 Å². The van der Waals surface area contributed by atoms with Crippen molar-refractivity contribution in [1.29, 1.82) is 0 Å². The molecule has 0 fully saturated rings. The van der Waals surface area contributed by atoms with Gasteiger partial charge in [-0.2, -0.15) is 0 Å². The van der Waals surface area contributed by atoms with Crippen molar-refractivity contribution in [2.75, 3.05) is 11.9 Å². The van der Waals surface area contributed by atoms with E-state index < -0.39 is 10.5 Å². The summed E-state index contributed by atoms with van der Waals surface area (Å²) in [4.78, 5) is 10.4. The normalized spacial score (nSPS) is 11.3. The van der Waals surface area contributed by atoms with Crippen molar-refractivity contribution in [3.05, 3.63) is 33.3 Å². The van der Waals surface area contributed by atoms with E-state index in [1.807, 2.05) is 13.8 Å². The molecule has 0 aliphatic heterocycles. The van der Waals surface area contributed by atoms with Crippen LogP contribution in [0.2, 0.25) is 5.02 Å². The molecule has 5 nitrogen and oxygen atoms in total. The molecule has 0 saturated heterocycles.